The number of esters is 12. The number of aliphatic hydroxyl groups excluding tert-OH is 13. The predicted octanol–water partition coefficient (Wildman–Crippen LogP) is 1.64. The summed E-state index contributed by atoms with van der Waals surface area (Å²) in [5.41, 5.74) is 0. The van der Waals surface area contributed by atoms with Gasteiger partial charge in [0, 0.05) is 25.0 Å². The van der Waals surface area contributed by atoms with Gasteiger partial charge in [0.1, 0.15) is 103 Å². The highest BCUT2D eigenvalue weighted by Crippen LogP contribution is 2.61. The highest BCUT2D eigenvalue weighted by atomic mass is 16.6. The Bertz CT molecular complexity index is 3070. The Morgan fingerprint density at radius 1 is 0.374 bits per heavy atom. The molecule has 6 fully saturated rings. The fourth-order valence-corrected chi connectivity index (χ4v) is 12.9. The SMILES string of the molecule is CC(O)C(=O)OC1CC2CC1C1CC(OC(=O)C(C)O)C(OC(=O)C(C)O)C21.CC(O)C(=O)OC1CC2CC1C1CCCC21.CC(O)C(=O)OCCCO.CC(O)C(=O)Oc1ccc(OC(=O)C(C)O)c(OC(=O)C(C)O)c1.CCC(CC)COC(=O)C(C)O.CCCCOC(=O)C(C)O.CCOC(=O)C(C)O.COC(=O)C(C)O. The van der Waals surface area contributed by atoms with E-state index in [1.807, 2.05) is 6.92 Å². The standard InChI is InChI=1S/C19H28O9.C15H18O9.C13H20O3.C9H18O3.C7H14O3.C6H12O4.C5H10O3.C4H8O3/c1-7(20)17(23)26-13-5-10-4-11(13)12-6-14(27-18(24)8(2)21)16(15(10)12)28-19(25)9(3)22;1-7(16)13(19)22-10-4-5-11(23-14(20)8(2)17)12(6-10)24-15(21)9(3)18;1-7(14)13(15)16-12-6-8-5-11(12)10-4-2-3-9(8)10;1-4-8(5-2)6-12-9(11)7(3)10;1-3-4-5-10-7(9)6(2)8;1-5(8)6(9)10-4-2-3-7;1-3-8-5(7)4(2)6;1-3(5)4(6)7-2/h7-16,20-22H,4-6H2,1-3H3;4-9,16-18H,1-3H3;7-12,14H,2-6H2,1H3;7-8,10H,4-6H2,1-3H3;6,8H,3-5H2,1-2H3;5,7-8H,2-4H2,1H3;4,6H,3H2,1-2H3;3,5H,1-2H3. The van der Waals surface area contributed by atoms with Crippen molar-refractivity contribution in [2.75, 3.05) is 40.1 Å². The van der Waals surface area contributed by atoms with Crippen molar-refractivity contribution in [1.82, 2.24) is 0 Å². The van der Waals surface area contributed by atoms with E-state index in [0.717, 1.165) is 68.4 Å². The first kappa shape index (κ1) is 107. The Kier molecular flexibility index (Phi) is 52.1. The average Bonchev–Trinajstić information content (AvgIpc) is 1.57. The second-order valence-electron chi connectivity index (χ2n) is 28.7. The first-order valence-electron chi connectivity index (χ1n) is 38.8. The number of aliphatic hydroxyl groups is 13. The van der Waals surface area contributed by atoms with Gasteiger partial charge in [-0.3, -0.25) is 0 Å². The van der Waals surface area contributed by atoms with Crippen LogP contribution < -0.4 is 14.2 Å². The molecule has 662 valence electrons. The maximum atomic E-state index is 12.0. The Morgan fingerprint density at radius 3 is 1.15 bits per heavy atom. The Balaban J connectivity index is 0.00000136. The first-order valence-corrected chi connectivity index (χ1v) is 38.8. The smallest absolute Gasteiger partial charge is 0.340 e. The van der Waals surface area contributed by atoms with Gasteiger partial charge < -0.3 is 123 Å². The van der Waals surface area contributed by atoms with Gasteiger partial charge in [0.15, 0.2) is 11.5 Å². The largest absolute Gasteiger partial charge is 0.467 e. The van der Waals surface area contributed by atoms with Crippen molar-refractivity contribution in [1.29, 1.82) is 0 Å². The van der Waals surface area contributed by atoms with Gasteiger partial charge in [-0.15, -0.1) is 0 Å². The lowest BCUT2D eigenvalue weighted by molar-refractivity contribution is -0.178. The lowest BCUT2D eigenvalue weighted by Gasteiger charge is -2.33. The molecule has 37 heteroatoms. The van der Waals surface area contributed by atoms with E-state index >= 15 is 0 Å². The highest BCUT2D eigenvalue weighted by Gasteiger charge is 2.63. The summed E-state index contributed by atoms with van der Waals surface area (Å²) in [6, 6.07) is 3.45. The lowest BCUT2D eigenvalue weighted by Crippen LogP contribution is -2.41. The molecule has 1 aromatic rings. The molecule has 6 aliphatic rings. The molecule has 115 heavy (non-hydrogen) atoms. The summed E-state index contributed by atoms with van der Waals surface area (Å²) in [6.45, 7) is 25.0. The summed E-state index contributed by atoms with van der Waals surface area (Å²) in [7, 11) is 1.23. The summed E-state index contributed by atoms with van der Waals surface area (Å²) in [5.74, 6) is -5.54. The van der Waals surface area contributed by atoms with E-state index in [1.54, 1.807) is 6.92 Å². The zero-order chi connectivity index (χ0) is 88.4. The quantitative estimate of drug-likeness (QED) is 0.0225. The fourth-order valence-electron chi connectivity index (χ4n) is 12.9. The van der Waals surface area contributed by atoms with E-state index in [2.05, 4.69) is 32.8 Å². The van der Waals surface area contributed by atoms with Gasteiger partial charge in [-0.1, -0.05) is 46.5 Å². The topological polar surface area (TPSA) is 579 Å². The molecule has 0 saturated heterocycles. The Labute approximate surface area is 670 Å². The van der Waals surface area contributed by atoms with Gasteiger partial charge in [-0.25, -0.2) is 57.5 Å². The monoisotopic (exact) mass is 1660 g/mol. The highest BCUT2D eigenvalue weighted by molar-refractivity contribution is 5.82. The zero-order valence-electron chi connectivity index (χ0n) is 69.0. The van der Waals surface area contributed by atoms with E-state index in [1.165, 1.54) is 122 Å². The molecule has 0 aromatic heterocycles. The summed E-state index contributed by atoms with van der Waals surface area (Å²) in [4.78, 5) is 134. The molecule has 0 spiro atoms. The summed E-state index contributed by atoms with van der Waals surface area (Å²) in [5, 5.41) is 116. The van der Waals surface area contributed by atoms with E-state index in [9.17, 15) is 78.0 Å². The fraction of sp³-hybridized carbons (Fsp3) is 0.769. The van der Waals surface area contributed by atoms with Crippen LogP contribution in [0, 0.1) is 53.3 Å². The molecule has 0 amide bonds. The number of ether oxygens (including phenoxy) is 12. The number of carbonyl (C=O) groups is 12. The minimum atomic E-state index is -1.45. The van der Waals surface area contributed by atoms with Crippen molar-refractivity contribution >= 4 is 71.6 Å². The van der Waals surface area contributed by atoms with Gasteiger partial charge in [0.25, 0.3) is 0 Å². The summed E-state index contributed by atoms with van der Waals surface area (Å²) >= 11 is 0. The van der Waals surface area contributed by atoms with Gasteiger partial charge >= 0.3 is 71.6 Å². The van der Waals surface area contributed by atoms with Crippen LogP contribution in [-0.2, 0) is 100 Å². The van der Waals surface area contributed by atoms with Crippen molar-refractivity contribution in [3.63, 3.8) is 0 Å². The van der Waals surface area contributed by atoms with Gasteiger partial charge in [0.05, 0.1) is 33.5 Å². The molecule has 24 unspecified atom stereocenters. The third-order valence-electron chi connectivity index (χ3n) is 18.9. The minimum absolute atomic E-state index is 0.00686. The van der Waals surface area contributed by atoms with Crippen molar-refractivity contribution in [2.24, 2.45) is 53.3 Å². The molecule has 13 N–H and O–H groups in total. The number of unbranched alkanes of at least 4 members (excludes halogenated alkanes) is 1. The number of fused-ring (bicyclic) bond motifs is 10. The molecule has 0 radical (unpaired) electrons. The zero-order valence-corrected chi connectivity index (χ0v) is 69.0. The van der Waals surface area contributed by atoms with Crippen LogP contribution in [0.2, 0.25) is 0 Å². The number of hydrogen-bond acceptors (Lipinski definition) is 37. The van der Waals surface area contributed by atoms with Crippen molar-refractivity contribution in [2.45, 2.75) is 292 Å². The molecule has 4 bridgehead atoms. The van der Waals surface area contributed by atoms with Crippen molar-refractivity contribution in [3.05, 3.63) is 18.2 Å². The lowest BCUT2D eigenvalue weighted by atomic mass is 9.79. The average molecular weight is 1660 g/mol. The van der Waals surface area contributed by atoms with Crippen LogP contribution in [0.5, 0.6) is 17.2 Å². The molecule has 24 atom stereocenters. The molecule has 1 aromatic carbocycles. The van der Waals surface area contributed by atoms with Crippen LogP contribution in [0.4, 0.5) is 0 Å². The van der Waals surface area contributed by atoms with Crippen molar-refractivity contribution < 1.29 is 181 Å². The maximum Gasteiger partial charge on any atom is 0.340 e. The number of methoxy groups -OCH3 is 1. The third kappa shape index (κ3) is 39.4. The molecule has 0 aliphatic heterocycles. The van der Waals surface area contributed by atoms with Gasteiger partial charge in [0.2, 0.25) is 0 Å². The van der Waals surface area contributed by atoms with E-state index in [-0.39, 0.29) is 66.3 Å². The number of carbonyl (C=O) groups excluding carboxylic acids is 12. The second-order valence-corrected chi connectivity index (χ2v) is 28.7. The van der Waals surface area contributed by atoms with E-state index in [4.69, 9.17) is 83.9 Å². The summed E-state index contributed by atoms with van der Waals surface area (Å²) < 4.78 is 58.8. The van der Waals surface area contributed by atoms with Gasteiger partial charge in [-0.2, -0.15) is 0 Å². The maximum absolute atomic E-state index is 12.0. The van der Waals surface area contributed by atoms with Gasteiger partial charge in [-0.05, 0) is 201 Å². The van der Waals surface area contributed by atoms with E-state index in [0.29, 0.717) is 50.9 Å². The molecule has 0 heterocycles. The third-order valence-corrected chi connectivity index (χ3v) is 18.9. The second kappa shape index (κ2) is 55.9. The minimum Gasteiger partial charge on any atom is -0.467 e. The number of hydrogen-bond donors (Lipinski definition) is 13. The molecule has 7 rings (SSSR count). The predicted molar refractivity (Wildman–Crippen MR) is 400 cm³/mol. The van der Waals surface area contributed by atoms with Crippen LogP contribution >= 0.6 is 0 Å². The first-order chi connectivity index (χ1) is 53.7. The number of benzene rings is 1. The number of rotatable bonds is 30. The summed E-state index contributed by atoms with van der Waals surface area (Å²) in [6.07, 6.45) is -3.25. The molecule has 37 nitrogen and oxygen atoms in total. The van der Waals surface area contributed by atoms with Crippen LogP contribution in [0.15, 0.2) is 18.2 Å². The normalized spacial score (nSPS) is 24.2. The molecular formula is C78H128O37. The molecule has 6 saturated carbocycles. The van der Waals surface area contributed by atoms with Crippen LogP contribution in [0.25, 0.3) is 0 Å². The van der Waals surface area contributed by atoms with Crippen molar-refractivity contribution in [3.8, 4) is 17.2 Å². The van der Waals surface area contributed by atoms with E-state index < -0.39 is 157 Å². The molecule has 6 aliphatic carbocycles. The van der Waals surface area contributed by atoms with Crippen LogP contribution in [0.3, 0.4) is 0 Å². The molecular weight excluding hydrogens is 1530 g/mol. The Hall–Kier alpha value is -7.66. The van der Waals surface area contributed by atoms with Crippen LogP contribution in [0.1, 0.15) is 194 Å². The Morgan fingerprint density at radius 2 is 0.748 bits per heavy atom. The van der Waals surface area contributed by atoms with Crippen LogP contribution in [-0.4, -0.2) is 276 Å².